The molecule has 4 nitrogen and oxygen atoms in total. The van der Waals surface area contributed by atoms with Gasteiger partial charge in [0.15, 0.2) is 0 Å². The van der Waals surface area contributed by atoms with E-state index in [0.29, 0.717) is 37.9 Å². The molecule has 1 saturated heterocycles. The van der Waals surface area contributed by atoms with Crippen molar-refractivity contribution in [3.8, 4) is 5.75 Å². The number of rotatable bonds is 6. The van der Waals surface area contributed by atoms with Gasteiger partial charge in [-0.25, -0.2) is 0 Å². The molecule has 9 heteroatoms. The number of hydrogen-bond donors (Lipinski definition) is 0. The van der Waals surface area contributed by atoms with Gasteiger partial charge >= 0.3 is 0 Å². The summed E-state index contributed by atoms with van der Waals surface area (Å²) in [5, 5.41) is 1.11. The third kappa shape index (κ3) is 5.76. The van der Waals surface area contributed by atoms with Crippen molar-refractivity contribution in [1.82, 2.24) is 4.90 Å². The Balaban J connectivity index is 1.47. The zero-order chi connectivity index (χ0) is 23.5. The molecule has 1 fully saturated rings. The van der Waals surface area contributed by atoms with Crippen LogP contribution >= 0.6 is 62.5 Å². The van der Waals surface area contributed by atoms with Crippen LogP contribution in [0.4, 0.5) is 4.79 Å². The van der Waals surface area contributed by atoms with Gasteiger partial charge in [-0.3, -0.25) is 14.5 Å². The number of thioether (sulfide) groups is 1. The molecule has 0 radical (unpaired) electrons. The number of carbonyl (C=O) groups excluding carboxylic acids is 2. The Morgan fingerprint density at radius 3 is 2.33 bits per heavy atom. The zero-order valence-electron chi connectivity index (χ0n) is 16.9. The molecule has 168 valence electrons. The minimum absolute atomic E-state index is 0.0156. The molecule has 0 saturated carbocycles. The highest BCUT2D eigenvalue weighted by Gasteiger charge is 2.35. The lowest BCUT2D eigenvalue weighted by molar-refractivity contribution is -0.123. The lowest BCUT2D eigenvalue weighted by Crippen LogP contribution is -2.27. The van der Waals surface area contributed by atoms with Crippen LogP contribution in [-0.2, 0) is 17.9 Å². The minimum Gasteiger partial charge on any atom is -0.488 e. The van der Waals surface area contributed by atoms with Gasteiger partial charge in [0.05, 0.1) is 15.9 Å². The van der Waals surface area contributed by atoms with E-state index in [2.05, 4.69) is 15.9 Å². The van der Waals surface area contributed by atoms with Crippen LogP contribution in [0.5, 0.6) is 5.75 Å². The SMILES string of the molecule is O=C1S/C(=C/c2ccc(OCc3ccc(Cl)cc3)c(Br)c2)C(=O)N1Cc1c(Cl)cccc1Cl. The van der Waals surface area contributed by atoms with E-state index in [1.165, 1.54) is 0 Å². The van der Waals surface area contributed by atoms with Crippen LogP contribution in [0.3, 0.4) is 0 Å². The lowest BCUT2D eigenvalue weighted by Gasteiger charge is -2.14. The van der Waals surface area contributed by atoms with E-state index >= 15 is 0 Å². The molecule has 0 unspecified atom stereocenters. The summed E-state index contributed by atoms with van der Waals surface area (Å²) in [7, 11) is 0. The first-order valence-corrected chi connectivity index (χ1v) is 12.4. The molecular formula is C24H15BrCl3NO3S. The van der Waals surface area contributed by atoms with Crippen molar-refractivity contribution in [2.75, 3.05) is 0 Å². The first-order chi connectivity index (χ1) is 15.8. The fourth-order valence-electron chi connectivity index (χ4n) is 3.09. The molecule has 0 bridgehead atoms. The predicted octanol–water partition coefficient (Wildman–Crippen LogP) is 8.22. The third-order valence-electron chi connectivity index (χ3n) is 4.81. The lowest BCUT2D eigenvalue weighted by atomic mass is 10.2. The Labute approximate surface area is 218 Å². The second kappa shape index (κ2) is 10.5. The Morgan fingerprint density at radius 1 is 0.970 bits per heavy atom. The standard InChI is InChI=1S/C24H15BrCl3NO3S/c25-18-10-15(6-9-21(18)32-13-14-4-7-16(26)8-5-14)11-22-23(30)29(24(31)33-22)12-17-19(27)2-1-3-20(17)28/h1-11H,12-13H2/b22-11+. The van der Waals surface area contributed by atoms with Crippen LogP contribution in [0.15, 0.2) is 70.0 Å². The molecule has 0 atom stereocenters. The van der Waals surface area contributed by atoms with Crippen molar-refractivity contribution in [2.45, 2.75) is 13.2 Å². The van der Waals surface area contributed by atoms with E-state index in [-0.39, 0.29) is 17.7 Å². The maximum absolute atomic E-state index is 12.9. The van der Waals surface area contributed by atoms with Gasteiger partial charge in [-0.05, 0) is 81.3 Å². The molecule has 0 spiro atoms. The summed E-state index contributed by atoms with van der Waals surface area (Å²) in [6.45, 7) is 0.403. The molecule has 1 aliphatic heterocycles. The van der Waals surface area contributed by atoms with E-state index < -0.39 is 0 Å². The Kier molecular flexibility index (Phi) is 7.72. The summed E-state index contributed by atoms with van der Waals surface area (Å²) < 4.78 is 6.59. The quantitative estimate of drug-likeness (QED) is 0.274. The van der Waals surface area contributed by atoms with Gasteiger partial charge in [0.1, 0.15) is 12.4 Å². The minimum atomic E-state index is -0.389. The normalized spacial score (nSPS) is 14.9. The van der Waals surface area contributed by atoms with Crippen molar-refractivity contribution in [3.63, 3.8) is 0 Å². The average molecular weight is 584 g/mol. The number of carbonyl (C=O) groups is 2. The van der Waals surface area contributed by atoms with Gasteiger partial charge in [-0.2, -0.15) is 0 Å². The zero-order valence-corrected chi connectivity index (χ0v) is 21.5. The topological polar surface area (TPSA) is 46.6 Å². The Bertz CT molecular complexity index is 1240. The van der Waals surface area contributed by atoms with Crippen LogP contribution in [0.1, 0.15) is 16.7 Å². The molecular weight excluding hydrogens is 569 g/mol. The molecule has 3 aromatic carbocycles. The summed E-state index contributed by atoms with van der Waals surface area (Å²) in [6, 6.07) is 17.9. The number of hydrogen-bond acceptors (Lipinski definition) is 4. The van der Waals surface area contributed by atoms with Crippen molar-refractivity contribution in [1.29, 1.82) is 0 Å². The summed E-state index contributed by atoms with van der Waals surface area (Å²) in [4.78, 5) is 26.8. The fourth-order valence-corrected chi connectivity index (χ4v) is 5.09. The maximum Gasteiger partial charge on any atom is 0.293 e. The van der Waals surface area contributed by atoms with Gasteiger partial charge in [0.25, 0.3) is 11.1 Å². The molecule has 0 aliphatic carbocycles. The Morgan fingerprint density at radius 2 is 1.67 bits per heavy atom. The van der Waals surface area contributed by atoms with Gasteiger partial charge in [0.2, 0.25) is 0 Å². The molecule has 1 aliphatic rings. The first-order valence-electron chi connectivity index (χ1n) is 9.67. The first kappa shape index (κ1) is 24.2. The molecule has 1 heterocycles. The molecule has 4 rings (SSSR count). The number of nitrogens with zero attached hydrogens (tertiary/aromatic N) is 1. The highest BCUT2D eigenvalue weighted by molar-refractivity contribution is 9.10. The van der Waals surface area contributed by atoms with Gasteiger partial charge in [-0.15, -0.1) is 0 Å². The molecule has 33 heavy (non-hydrogen) atoms. The summed E-state index contributed by atoms with van der Waals surface area (Å²) in [5.41, 5.74) is 2.28. The van der Waals surface area contributed by atoms with Crippen molar-refractivity contribution in [2.24, 2.45) is 0 Å². The summed E-state index contributed by atoms with van der Waals surface area (Å²) in [6.07, 6.45) is 1.67. The number of benzene rings is 3. The molecule has 2 amide bonds. The maximum atomic E-state index is 12.9. The van der Waals surface area contributed by atoms with Crippen LogP contribution in [0.2, 0.25) is 15.1 Å². The number of halogens is 4. The fraction of sp³-hybridized carbons (Fsp3) is 0.0833. The van der Waals surface area contributed by atoms with E-state index in [4.69, 9.17) is 39.5 Å². The number of amides is 2. The van der Waals surface area contributed by atoms with Crippen molar-refractivity contribution >= 4 is 79.7 Å². The van der Waals surface area contributed by atoms with E-state index in [1.54, 1.807) is 30.3 Å². The Hall–Kier alpha value is -1.96. The summed E-state index contributed by atoms with van der Waals surface area (Å²) in [5.74, 6) is 0.267. The molecule has 3 aromatic rings. The van der Waals surface area contributed by atoms with Crippen LogP contribution < -0.4 is 4.74 Å². The van der Waals surface area contributed by atoms with Gasteiger partial charge in [0, 0.05) is 20.6 Å². The third-order valence-corrected chi connectivity index (χ3v) is 7.30. The van der Waals surface area contributed by atoms with E-state index in [0.717, 1.165) is 32.3 Å². The highest BCUT2D eigenvalue weighted by atomic mass is 79.9. The van der Waals surface area contributed by atoms with Crippen LogP contribution in [-0.4, -0.2) is 16.0 Å². The summed E-state index contributed by atoms with van der Waals surface area (Å²) >= 11 is 22.7. The molecule has 0 N–H and O–H groups in total. The smallest absolute Gasteiger partial charge is 0.293 e. The predicted molar refractivity (Wildman–Crippen MR) is 138 cm³/mol. The van der Waals surface area contributed by atoms with E-state index in [9.17, 15) is 9.59 Å². The van der Waals surface area contributed by atoms with Gasteiger partial charge < -0.3 is 4.74 Å². The number of imide groups is 1. The second-order valence-electron chi connectivity index (χ2n) is 7.07. The van der Waals surface area contributed by atoms with Crippen LogP contribution in [0, 0.1) is 0 Å². The number of ether oxygens (including phenoxy) is 1. The monoisotopic (exact) mass is 581 g/mol. The molecule has 0 aromatic heterocycles. The van der Waals surface area contributed by atoms with E-state index in [1.807, 2.05) is 36.4 Å². The second-order valence-corrected chi connectivity index (χ2v) is 10.2. The van der Waals surface area contributed by atoms with Crippen molar-refractivity contribution in [3.05, 3.63) is 102 Å². The van der Waals surface area contributed by atoms with Crippen LogP contribution in [0.25, 0.3) is 6.08 Å². The van der Waals surface area contributed by atoms with Crippen molar-refractivity contribution < 1.29 is 14.3 Å². The highest BCUT2D eigenvalue weighted by Crippen LogP contribution is 2.36. The van der Waals surface area contributed by atoms with Gasteiger partial charge in [-0.1, -0.05) is 59.1 Å². The largest absolute Gasteiger partial charge is 0.488 e. The average Bonchev–Trinajstić information content (AvgIpc) is 3.04.